The minimum atomic E-state index is -4.69. The van der Waals surface area contributed by atoms with Crippen molar-refractivity contribution in [3.63, 3.8) is 0 Å². The first-order valence-electron chi connectivity index (χ1n) is 9.47. The minimum Gasteiger partial charge on any atom is -0.481 e. The average molecular weight is 453 g/mol. The number of aryl methyl sites for hydroxylation is 1. The summed E-state index contributed by atoms with van der Waals surface area (Å²) in [4.78, 5) is 15.2. The van der Waals surface area contributed by atoms with Crippen molar-refractivity contribution in [2.45, 2.75) is 19.4 Å². The molecule has 0 aliphatic carbocycles. The summed E-state index contributed by atoms with van der Waals surface area (Å²) in [6.45, 7) is 0.675. The molecule has 31 heavy (non-hydrogen) atoms. The van der Waals surface area contributed by atoms with Crippen LogP contribution >= 0.6 is 0 Å². The molecule has 168 valence electrons. The standard InChI is InChI=1S/C21H25N3O2.ClHO4/c1-22(2)17-9-7-15-12-16-8-10-18(23(3)4)14-20(16)24(19(15)13-17)11-5-6-21(25)26;2-1(3,4)5/h7-10,12-14H,5-6,11H2,1-4H3;(H,2,3,4,5)/p+1. The Labute approximate surface area is 182 Å². The second-order valence-electron chi connectivity index (χ2n) is 7.46. The molecule has 0 bridgehead atoms. The third-order valence-electron chi connectivity index (χ3n) is 4.73. The van der Waals surface area contributed by atoms with E-state index < -0.39 is 16.2 Å². The molecular formula is C21H27ClN3O6+. The number of hydrogen-bond donors (Lipinski definition) is 2. The highest BCUT2D eigenvalue weighted by atomic mass is 35.7. The zero-order valence-electron chi connectivity index (χ0n) is 17.9. The second kappa shape index (κ2) is 10.1. The van der Waals surface area contributed by atoms with Crippen molar-refractivity contribution in [3.05, 3.63) is 42.5 Å². The van der Waals surface area contributed by atoms with Crippen LogP contribution in [0.3, 0.4) is 0 Å². The summed E-state index contributed by atoms with van der Waals surface area (Å²) in [6.07, 6.45) is 0.776. The lowest BCUT2D eigenvalue weighted by atomic mass is 10.1. The molecule has 10 heteroatoms. The van der Waals surface area contributed by atoms with Crippen LogP contribution in [0.2, 0.25) is 0 Å². The van der Waals surface area contributed by atoms with Crippen LogP contribution in [0, 0.1) is 10.2 Å². The molecule has 0 fully saturated rings. The molecule has 0 aliphatic heterocycles. The fraction of sp³-hybridized carbons (Fsp3) is 0.333. The smallest absolute Gasteiger partial charge is 0.303 e. The van der Waals surface area contributed by atoms with E-state index in [0.717, 1.165) is 33.2 Å². The van der Waals surface area contributed by atoms with Crippen LogP contribution in [0.25, 0.3) is 21.8 Å². The number of pyridine rings is 1. The molecule has 2 aromatic carbocycles. The largest absolute Gasteiger partial charge is 0.481 e. The topological polar surface area (TPSA) is 137 Å². The minimum absolute atomic E-state index is 0.172. The molecule has 0 saturated carbocycles. The van der Waals surface area contributed by atoms with Crippen molar-refractivity contribution in [3.8, 4) is 0 Å². The number of anilines is 2. The van der Waals surface area contributed by atoms with Gasteiger partial charge in [0.15, 0.2) is 0 Å². The van der Waals surface area contributed by atoms with Gasteiger partial charge in [0.25, 0.3) is 0 Å². The van der Waals surface area contributed by atoms with Gasteiger partial charge < -0.3 is 14.9 Å². The zero-order valence-corrected chi connectivity index (χ0v) is 18.7. The molecule has 9 nitrogen and oxygen atoms in total. The Balaban J connectivity index is 0.000000614. The molecular weight excluding hydrogens is 426 g/mol. The number of carbonyl (C=O) groups is 1. The number of nitrogens with zero attached hydrogens (tertiary/aromatic N) is 3. The van der Waals surface area contributed by atoms with Gasteiger partial charge in [-0.25, -0.2) is 0 Å². The van der Waals surface area contributed by atoms with Crippen LogP contribution in [0.5, 0.6) is 0 Å². The summed E-state index contributed by atoms with van der Waals surface area (Å²) in [7, 11) is 3.42. The van der Waals surface area contributed by atoms with Crippen LogP contribution in [0.15, 0.2) is 42.5 Å². The number of rotatable bonds is 6. The number of benzene rings is 2. The lowest BCUT2D eigenvalue weighted by molar-refractivity contribution is -1.92. The van der Waals surface area contributed by atoms with Gasteiger partial charge in [0.05, 0.1) is 21.3 Å². The maximum Gasteiger partial charge on any atom is 0.303 e. The molecule has 0 spiro atoms. The third-order valence-corrected chi connectivity index (χ3v) is 4.73. The van der Waals surface area contributed by atoms with Crippen LogP contribution in [-0.4, -0.2) is 43.9 Å². The monoisotopic (exact) mass is 452 g/mol. The number of hydrogen-bond acceptors (Lipinski definition) is 7. The highest BCUT2D eigenvalue weighted by molar-refractivity contribution is 5.91. The highest BCUT2D eigenvalue weighted by Crippen LogP contribution is 2.25. The Morgan fingerprint density at radius 1 is 0.903 bits per heavy atom. The van der Waals surface area contributed by atoms with Crippen LogP contribution in [-0.2, 0) is 11.3 Å². The number of aliphatic carboxylic acids is 1. The van der Waals surface area contributed by atoms with Gasteiger partial charge in [-0.2, -0.15) is 18.5 Å². The first-order chi connectivity index (χ1) is 14.4. The van der Waals surface area contributed by atoms with Gasteiger partial charge >= 0.3 is 5.97 Å². The number of fused-ring (bicyclic) bond motifs is 2. The number of carboxylic acids is 1. The fourth-order valence-electron chi connectivity index (χ4n) is 3.26. The molecule has 2 N–H and O–H groups in total. The third kappa shape index (κ3) is 7.20. The van der Waals surface area contributed by atoms with E-state index in [2.05, 4.69) is 56.8 Å². The molecule has 0 amide bonds. The summed E-state index contributed by atoms with van der Waals surface area (Å²) in [5, 5.41) is 11.4. The molecule has 3 rings (SSSR count). The van der Waals surface area contributed by atoms with Crippen LogP contribution < -0.4 is 28.3 Å². The van der Waals surface area contributed by atoms with Gasteiger partial charge in [-0.15, -0.1) is 0 Å². The van der Waals surface area contributed by atoms with E-state index in [1.807, 2.05) is 28.2 Å². The van der Waals surface area contributed by atoms with Crippen LogP contribution in [0.1, 0.15) is 12.8 Å². The highest BCUT2D eigenvalue weighted by Gasteiger charge is 2.17. The van der Waals surface area contributed by atoms with Crippen molar-refractivity contribution in [1.29, 1.82) is 0 Å². The predicted octanol–water partition coefficient (Wildman–Crippen LogP) is -0.847. The van der Waals surface area contributed by atoms with E-state index in [9.17, 15) is 4.79 Å². The maximum atomic E-state index is 11.0. The Morgan fingerprint density at radius 2 is 1.32 bits per heavy atom. The number of halogens is 1. The molecule has 0 radical (unpaired) electrons. The Hall–Kier alpha value is -2.69. The van der Waals surface area contributed by atoms with Gasteiger partial charge in [-0.1, -0.05) is 0 Å². The van der Waals surface area contributed by atoms with Crippen LogP contribution in [0.4, 0.5) is 11.4 Å². The molecule has 1 aromatic heterocycles. The summed E-state index contributed by atoms with van der Waals surface area (Å²) < 4.78 is 35.0. The van der Waals surface area contributed by atoms with Crippen molar-refractivity contribution in [2.24, 2.45) is 0 Å². The summed E-state index contributed by atoms with van der Waals surface area (Å²) >= 11 is 0. The van der Waals surface area contributed by atoms with E-state index in [4.69, 9.17) is 23.7 Å². The lowest BCUT2D eigenvalue weighted by Gasteiger charge is -2.15. The quantitative estimate of drug-likeness (QED) is 0.364. The van der Waals surface area contributed by atoms with Gasteiger partial charge in [0.1, 0.15) is 6.54 Å². The molecule has 0 atom stereocenters. The van der Waals surface area contributed by atoms with E-state index in [0.29, 0.717) is 13.0 Å². The first kappa shape index (κ1) is 24.6. The van der Waals surface area contributed by atoms with Gasteiger partial charge in [0, 0.05) is 68.9 Å². The molecule has 1 heterocycles. The summed E-state index contributed by atoms with van der Waals surface area (Å²) in [6, 6.07) is 15.1. The zero-order chi connectivity index (χ0) is 23.3. The van der Waals surface area contributed by atoms with Gasteiger partial charge in [0.2, 0.25) is 11.0 Å². The van der Waals surface area contributed by atoms with Gasteiger partial charge in [-0.3, -0.25) is 4.79 Å². The first-order valence-corrected chi connectivity index (χ1v) is 10.7. The number of aromatic nitrogens is 1. The summed E-state index contributed by atoms with van der Waals surface area (Å²) in [5.41, 5.74) is 4.52. The predicted molar refractivity (Wildman–Crippen MR) is 109 cm³/mol. The van der Waals surface area contributed by atoms with E-state index >= 15 is 0 Å². The summed E-state index contributed by atoms with van der Waals surface area (Å²) in [5.74, 6) is -0.752. The molecule has 0 unspecified atom stereocenters. The lowest BCUT2D eigenvalue weighted by Crippen LogP contribution is -2.58. The molecule has 3 aromatic rings. The molecule has 0 aliphatic rings. The van der Waals surface area contributed by atoms with E-state index in [1.54, 1.807) is 0 Å². The SMILES string of the molecule is CN(C)c1ccc2cc3ccc(N(C)C)cc3[n+](CCCC(=O)O)c2c1.[O-][Cl+3]([O-])([O-])O. The van der Waals surface area contributed by atoms with E-state index in [-0.39, 0.29) is 6.42 Å². The number of carboxylic acid groups (broad SMARTS) is 1. The van der Waals surface area contributed by atoms with Gasteiger partial charge in [-0.05, 0) is 30.3 Å². The van der Waals surface area contributed by atoms with Crippen molar-refractivity contribution >= 4 is 39.1 Å². The Morgan fingerprint density at radius 3 is 1.68 bits per heavy atom. The molecule has 0 saturated heterocycles. The Kier molecular flexibility index (Phi) is 7.99. The normalized spacial score (nSPS) is 11.2. The Bertz CT molecular complexity index is 994. The van der Waals surface area contributed by atoms with Crippen molar-refractivity contribution < 1.29 is 43.3 Å². The maximum absolute atomic E-state index is 11.0. The average Bonchev–Trinajstić information content (AvgIpc) is 2.65. The fourth-order valence-corrected chi connectivity index (χ4v) is 3.26. The van der Waals surface area contributed by atoms with Crippen molar-refractivity contribution in [2.75, 3.05) is 38.0 Å². The van der Waals surface area contributed by atoms with Crippen molar-refractivity contribution in [1.82, 2.24) is 0 Å². The second-order valence-corrected chi connectivity index (χ2v) is 8.26. The van der Waals surface area contributed by atoms with E-state index in [1.165, 1.54) is 0 Å².